The fourth-order valence-electron chi connectivity index (χ4n) is 5.98. The summed E-state index contributed by atoms with van der Waals surface area (Å²) < 4.78 is 0. The molecule has 0 spiro atoms. The molecule has 0 saturated heterocycles. The van der Waals surface area contributed by atoms with Crippen LogP contribution in [0.15, 0.2) is 22.9 Å². The van der Waals surface area contributed by atoms with Gasteiger partial charge in [0.1, 0.15) is 0 Å². The third-order valence-corrected chi connectivity index (χ3v) is 9.19. The average molecular weight is 501 g/mol. The molecule has 0 amide bonds. The summed E-state index contributed by atoms with van der Waals surface area (Å²) in [4.78, 5) is 0. The first-order valence-corrected chi connectivity index (χ1v) is 14.9. The zero-order valence-corrected chi connectivity index (χ0v) is 24.5. The molecule has 0 aliphatic heterocycles. The second kappa shape index (κ2) is 16.5. The van der Waals surface area contributed by atoms with Crippen LogP contribution in [0.1, 0.15) is 132 Å². The van der Waals surface area contributed by atoms with Crippen LogP contribution in [0.5, 0.6) is 0 Å². The van der Waals surface area contributed by atoms with Gasteiger partial charge in [0, 0.05) is 16.8 Å². The molecule has 0 aromatic carbocycles. The lowest BCUT2D eigenvalue weighted by Gasteiger charge is -2.46. The molecule has 0 aromatic heterocycles. The molecule has 194 valence electrons. The Morgan fingerprint density at radius 3 is 2.39 bits per heavy atom. The van der Waals surface area contributed by atoms with Gasteiger partial charge in [0.15, 0.2) is 0 Å². The Kier molecular flexibility index (Phi) is 15.5. The van der Waals surface area contributed by atoms with Crippen molar-refractivity contribution in [2.45, 2.75) is 143 Å². The van der Waals surface area contributed by atoms with Gasteiger partial charge < -0.3 is 5.32 Å². The van der Waals surface area contributed by atoms with Crippen LogP contribution < -0.4 is 5.32 Å². The maximum atomic E-state index is 6.27. The molecule has 1 saturated carbocycles. The Morgan fingerprint density at radius 2 is 1.79 bits per heavy atom. The van der Waals surface area contributed by atoms with Crippen molar-refractivity contribution >= 4 is 23.2 Å². The van der Waals surface area contributed by atoms with E-state index in [-0.39, 0.29) is 5.38 Å². The number of unbranched alkanes of at least 4 members (excludes halogenated alkanes) is 1. The van der Waals surface area contributed by atoms with E-state index in [9.17, 15) is 0 Å². The molecule has 6 atom stereocenters. The molecule has 1 rings (SSSR count). The van der Waals surface area contributed by atoms with Gasteiger partial charge in [-0.25, -0.2) is 0 Å². The minimum Gasteiger partial charge on any atom is -0.385 e. The maximum Gasteiger partial charge on any atom is 0.0661 e. The van der Waals surface area contributed by atoms with E-state index in [0.717, 1.165) is 23.8 Å². The van der Waals surface area contributed by atoms with Crippen LogP contribution >= 0.6 is 23.2 Å². The van der Waals surface area contributed by atoms with Gasteiger partial charge in [-0.05, 0) is 62.2 Å². The Morgan fingerprint density at radius 1 is 1.06 bits per heavy atom. The first-order valence-electron chi connectivity index (χ1n) is 14.1. The van der Waals surface area contributed by atoms with E-state index in [1.54, 1.807) is 0 Å². The van der Waals surface area contributed by atoms with Gasteiger partial charge in [-0.2, -0.15) is 0 Å². The maximum absolute atomic E-state index is 6.27. The topological polar surface area (TPSA) is 12.0 Å². The summed E-state index contributed by atoms with van der Waals surface area (Å²) in [6.45, 7) is 16.5. The first kappa shape index (κ1) is 30.9. The van der Waals surface area contributed by atoms with Gasteiger partial charge in [0.25, 0.3) is 0 Å². The van der Waals surface area contributed by atoms with Crippen molar-refractivity contribution in [2.24, 2.45) is 23.2 Å². The summed E-state index contributed by atoms with van der Waals surface area (Å²) >= 11 is 12.4. The zero-order chi connectivity index (χ0) is 24.9. The second-order valence-electron chi connectivity index (χ2n) is 11.2. The lowest BCUT2D eigenvalue weighted by molar-refractivity contribution is 0.0699. The zero-order valence-electron chi connectivity index (χ0n) is 23.0. The Balaban J connectivity index is 3.09. The summed E-state index contributed by atoms with van der Waals surface area (Å²) in [6, 6.07) is 0.513. The van der Waals surface area contributed by atoms with Gasteiger partial charge in [-0.1, -0.05) is 117 Å². The number of hydrogen-bond acceptors (Lipinski definition) is 1. The summed E-state index contributed by atoms with van der Waals surface area (Å²) in [6.07, 6.45) is 21.4. The molecule has 1 N–H and O–H groups in total. The minimum atomic E-state index is -0.115. The second-order valence-corrected chi connectivity index (χ2v) is 12.3. The monoisotopic (exact) mass is 499 g/mol. The first-order chi connectivity index (χ1) is 15.7. The van der Waals surface area contributed by atoms with Crippen molar-refractivity contribution in [3.8, 4) is 0 Å². The van der Waals surface area contributed by atoms with E-state index in [2.05, 4.69) is 59.0 Å². The van der Waals surface area contributed by atoms with Crippen LogP contribution in [0, 0.1) is 23.2 Å². The van der Waals surface area contributed by atoms with E-state index < -0.39 is 0 Å². The number of halogens is 2. The number of nitrogens with one attached hydrogen (secondary N) is 1. The molecule has 33 heavy (non-hydrogen) atoms. The molecule has 0 radical (unpaired) electrons. The van der Waals surface area contributed by atoms with Crippen LogP contribution in [-0.4, -0.2) is 11.4 Å². The van der Waals surface area contributed by atoms with E-state index >= 15 is 0 Å². The highest BCUT2D eigenvalue weighted by Crippen LogP contribution is 2.46. The Labute approximate surface area is 217 Å². The van der Waals surface area contributed by atoms with Gasteiger partial charge >= 0.3 is 0 Å². The highest BCUT2D eigenvalue weighted by Gasteiger charge is 2.39. The molecular formula is C30H55Cl2N. The molecule has 3 heteroatoms. The third-order valence-electron chi connectivity index (χ3n) is 8.37. The van der Waals surface area contributed by atoms with Crippen LogP contribution in [0.2, 0.25) is 0 Å². The highest BCUT2D eigenvalue weighted by molar-refractivity contribution is 6.37. The van der Waals surface area contributed by atoms with E-state index in [0.29, 0.717) is 23.3 Å². The van der Waals surface area contributed by atoms with E-state index in [1.165, 1.54) is 76.3 Å². The molecule has 0 aromatic rings. The Hall–Kier alpha value is -0.140. The van der Waals surface area contributed by atoms with Crippen molar-refractivity contribution in [1.82, 2.24) is 5.32 Å². The predicted octanol–water partition coefficient (Wildman–Crippen LogP) is 10.6. The molecule has 0 heterocycles. The lowest BCUT2D eigenvalue weighted by Crippen LogP contribution is -2.47. The standard InChI is InChI=1S/C30H55Cl2N/c1-8-11-17-26-18-13-12-14-21-30(7,22-26)24(5)29(23(4)16-9-2)33-27(10-3)19-15-20-28(32)25(6)31/h19-20,23-26,29,33H,8-18,21-22H2,1-7H3/b27-19+,28-20+. The fraction of sp³-hybridized carbons (Fsp3) is 0.867. The van der Waals surface area contributed by atoms with Crippen molar-refractivity contribution in [3.63, 3.8) is 0 Å². The van der Waals surface area contributed by atoms with Gasteiger partial charge in [0.2, 0.25) is 0 Å². The van der Waals surface area contributed by atoms with Crippen LogP contribution in [0.3, 0.4) is 0 Å². The van der Waals surface area contributed by atoms with Gasteiger partial charge in [-0.3, -0.25) is 0 Å². The summed E-state index contributed by atoms with van der Waals surface area (Å²) in [5, 5.41) is 4.69. The van der Waals surface area contributed by atoms with Crippen molar-refractivity contribution in [2.75, 3.05) is 0 Å². The molecule has 1 aliphatic rings. The summed E-state index contributed by atoms with van der Waals surface area (Å²) in [5.41, 5.74) is 1.77. The number of allylic oxidation sites excluding steroid dienone is 4. The SMILES string of the molecule is CCCCC1CCCCCC(C)(C(C)C(N/C(=C/C/C=C(/Cl)C(C)Cl)CC)C(C)CCC)C1. The van der Waals surface area contributed by atoms with Crippen LogP contribution in [-0.2, 0) is 0 Å². The quantitative estimate of drug-likeness (QED) is 0.234. The normalized spacial score (nSPS) is 26.8. The van der Waals surface area contributed by atoms with E-state index in [4.69, 9.17) is 23.2 Å². The predicted molar refractivity (Wildman–Crippen MR) is 151 cm³/mol. The summed E-state index contributed by atoms with van der Waals surface area (Å²) in [7, 11) is 0. The lowest BCUT2D eigenvalue weighted by atomic mass is 9.62. The molecule has 1 nitrogen and oxygen atoms in total. The van der Waals surface area contributed by atoms with Crippen molar-refractivity contribution in [1.29, 1.82) is 0 Å². The molecule has 1 fully saturated rings. The molecule has 6 unspecified atom stereocenters. The number of hydrogen-bond donors (Lipinski definition) is 1. The molecule has 0 bridgehead atoms. The fourth-order valence-corrected chi connectivity index (χ4v) is 6.16. The Bertz CT molecular complexity index is 580. The van der Waals surface area contributed by atoms with Crippen molar-refractivity contribution < 1.29 is 0 Å². The van der Waals surface area contributed by atoms with Gasteiger partial charge in [-0.15, -0.1) is 11.6 Å². The number of alkyl halides is 1. The average Bonchev–Trinajstić information content (AvgIpc) is 2.77. The molecule has 1 aliphatic carbocycles. The summed E-state index contributed by atoms with van der Waals surface area (Å²) in [5.74, 6) is 2.22. The van der Waals surface area contributed by atoms with Crippen LogP contribution in [0.4, 0.5) is 0 Å². The van der Waals surface area contributed by atoms with Crippen molar-refractivity contribution in [3.05, 3.63) is 22.9 Å². The number of rotatable bonds is 14. The highest BCUT2D eigenvalue weighted by atomic mass is 35.5. The van der Waals surface area contributed by atoms with E-state index in [1.807, 2.05) is 6.92 Å². The minimum absolute atomic E-state index is 0.115. The molecular weight excluding hydrogens is 445 g/mol. The van der Waals surface area contributed by atoms with Crippen LogP contribution in [0.25, 0.3) is 0 Å². The third kappa shape index (κ3) is 11.0. The smallest absolute Gasteiger partial charge is 0.0661 e. The largest absolute Gasteiger partial charge is 0.385 e. The van der Waals surface area contributed by atoms with Gasteiger partial charge in [0.05, 0.1) is 5.38 Å².